The highest BCUT2D eigenvalue weighted by molar-refractivity contribution is 5.96. The second-order valence-corrected chi connectivity index (χ2v) is 24.7. The third kappa shape index (κ3) is 9.08. The molecule has 14 heteroatoms. The third-order valence-corrected chi connectivity index (χ3v) is 18.0. The first-order valence-electron chi connectivity index (χ1n) is 26.7. The van der Waals surface area contributed by atoms with Crippen LogP contribution in [0.5, 0.6) is 0 Å². The number of ether oxygens (including phenoxy) is 5. The van der Waals surface area contributed by atoms with Crippen LogP contribution in [0, 0.1) is 34.5 Å². The topological polar surface area (TPSA) is 166 Å². The van der Waals surface area contributed by atoms with E-state index >= 15 is 4.79 Å². The average molecular weight is 978 g/mol. The second kappa shape index (κ2) is 18.0. The molecule has 2 N–H and O–H groups in total. The SMILES string of the molecule is CN(C(=O)C12CC3OC(=O)C1N(Cc1ccc(C=C4CCC5OC5(C)CCC5C4CC5(C)C)cc1)OC2C1OC(C2CC2)(C2CC2)OC31)C(Cc1ccccc1)C(=O)NC(CO)CCC(=O)OC(C)(C)C. The minimum Gasteiger partial charge on any atom is -0.460 e. The van der Waals surface area contributed by atoms with Crippen molar-refractivity contribution in [2.75, 3.05) is 13.7 Å². The van der Waals surface area contributed by atoms with Crippen molar-refractivity contribution in [3.8, 4) is 0 Å². The van der Waals surface area contributed by atoms with Crippen molar-refractivity contribution in [3.63, 3.8) is 0 Å². The molecule has 2 amide bonds. The highest BCUT2D eigenvalue weighted by atomic mass is 16.8. The van der Waals surface area contributed by atoms with Crippen LogP contribution in [0.25, 0.3) is 6.08 Å². The lowest BCUT2D eigenvalue weighted by Crippen LogP contribution is -2.70. The molecule has 4 saturated heterocycles. The minimum atomic E-state index is -1.50. The fraction of sp³-hybridized carbons (Fsp3) is 0.684. The zero-order chi connectivity index (χ0) is 49.8. The minimum absolute atomic E-state index is 0.0203. The van der Waals surface area contributed by atoms with E-state index in [9.17, 15) is 19.5 Å². The average Bonchev–Trinajstić information content (AvgIpc) is 4.28. The number of carbonyl (C=O) groups is 4. The molecular weight excluding hydrogens is 903 g/mol. The van der Waals surface area contributed by atoms with E-state index in [2.05, 4.69) is 56.4 Å². The van der Waals surface area contributed by atoms with Crippen LogP contribution in [-0.4, -0.2) is 118 Å². The van der Waals surface area contributed by atoms with Crippen molar-refractivity contribution in [2.45, 2.75) is 197 Å². The van der Waals surface area contributed by atoms with Gasteiger partial charge in [-0.2, -0.15) is 5.06 Å². The summed E-state index contributed by atoms with van der Waals surface area (Å²) in [5.41, 5.74) is 2.51. The van der Waals surface area contributed by atoms with Crippen molar-refractivity contribution in [1.29, 1.82) is 0 Å². The molecule has 4 heterocycles. The number of esters is 2. The van der Waals surface area contributed by atoms with Gasteiger partial charge < -0.3 is 39.0 Å². The van der Waals surface area contributed by atoms with Crippen LogP contribution in [0.1, 0.15) is 135 Å². The van der Waals surface area contributed by atoms with E-state index in [0.29, 0.717) is 23.4 Å². The molecule has 71 heavy (non-hydrogen) atoms. The van der Waals surface area contributed by atoms with Crippen molar-refractivity contribution in [3.05, 3.63) is 76.9 Å². The summed E-state index contributed by atoms with van der Waals surface area (Å²) in [6, 6.07) is 14.9. The number of epoxide rings is 1. The number of benzene rings is 2. The number of nitrogens with zero attached hydrogens (tertiary/aromatic N) is 2. The monoisotopic (exact) mass is 978 g/mol. The van der Waals surface area contributed by atoms with E-state index < -0.39 is 89.7 Å². The fourth-order valence-electron chi connectivity index (χ4n) is 13.9. The van der Waals surface area contributed by atoms with Gasteiger partial charge in [-0.05, 0) is 126 Å². The molecule has 5 saturated carbocycles. The van der Waals surface area contributed by atoms with Crippen LogP contribution in [-0.2, 0) is 60.7 Å². The molecule has 0 radical (unpaired) electrons. The highest BCUT2D eigenvalue weighted by Gasteiger charge is 2.78. The maximum atomic E-state index is 16.0. The summed E-state index contributed by atoms with van der Waals surface area (Å²) in [6.07, 6.45) is 9.61. The molecule has 12 atom stereocenters. The molecule has 14 nitrogen and oxygen atoms in total. The molecular formula is C57H75N3O11. The Bertz CT molecular complexity index is 2400. The maximum Gasteiger partial charge on any atom is 0.327 e. The van der Waals surface area contributed by atoms with Crippen molar-refractivity contribution in [2.24, 2.45) is 34.5 Å². The Morgan fingerprint density at radius 3 is 2.28 bits per heavy atom. The van der Waals surface area contributed by atoms with E-state index in [1.54, 1.807) is 32.9 Å². The third-order valence-electron chi connectivity index (χ3n) is 18.0. The number of rotatable bonds is 15. The Hall–Kier alpha value is -4.18. The molecule has 9 aliphatic rings. The van der Waals surface area contributed by atoms with Crippen molar-refractivity contribution in [1.82, 2.24) is 15.3 Å². The number of hydrogen-bond donors (Lipinski definition) is 2. The van der Waals surface area contributed by atoms with Crippen LogP contribution >= 0.6 is 0 Å². The summed E-state index contributed by atoms with van der Waals surface area (Å²) < 4.78 is 32.2. The van der Waals surface area contributed by atoms with E-state index in [1.807, 2.05) is 30.3 Å². The number of allylic oxidation sites excluding steroid dienone is 1. The number of aliphatic hydroxyl groups excluding tert-OH is 1. The second-order valence-electron chi connectivity index (χ2n) is 24.7. The van der Waals surface area contributed by atoms with Gasteiger partial charge in [-0.25, -0.2) is 0 Å². The molecule has 0 spiro atoms. The Morgan fingerprint density at radius 2 is 1.62 bits per heavy atom. The van der Waals surface area contributed by atoms with Crippen LogP contribution in [0.2, 0.25) is 0 Å². The molecule has 2 bridgehead atoms. The molecule has 4 aliphatic heterocycles. The first kappa shape index (κ1) is 49.1. The lowest BCUT2D eigenvalue weighted by molar-refractivity contribution is -0.235. The maximum absolute atomic E-state index is 16.0. The summed E-state index contributed by atoms with van der Waals surface area (Å²) in [5.74, 6) is -1.11. The summed E-state index contributed by atoms with van der Waals surface area (Å²) in [4.78, 5) is 66.5. The zero-order valence-electron chi connectivity index (χ0n) is 42.7. The van der Waals surface area contributed by atoms with Gasteiger partial charge in [0.05, 0.1) is 30.9 Å². The van der Waals surface area contributed by atoms with E-state index in [0.717, 1.165) is 61.6 Å². The standard InChI is InChI=1S/C57H75N3O11/c1-53(2,3)68-45(62)24-22-39(32-61)58-50(63)42(28-33-11-9-8-10-12-33)59(7)52(65)56-30-43-46-47(70-57(69-46,37-18-19-37)38-20-21-38)49(56)71-60(48(56)51(64)66-43)31-35-15-13-34(14-16-35)27-36-17-23-44-55(6,67-44)26-25-41-40(36)29-54(41,4)5/h8-16,27,37-44,46-49,61H,17-26,28-32H2,1-7H3,(H,58,63). The van der Waals surface area contributed by atoms with Gasteiger partial charge in [-0.1, -0.05) is 80.1 Å². The summed E-state index contributed by atoms with van der Waals surface area (Å²) in [6.45, 7) is 12.2. The summed E-state index contributed by atoms with van der Waals surface area (Å²) in [7, 11) is 1.61. The van der Waals surface area contributed by atoms with Gasteiger partial charge in [-0.15, -0.1) is 0 Å². The van der Waals surface area contributed by atoms with Gasteiger partial charge in [0.2, 0.25) is 11.8 Å². The van der Waals surface area contributed by atoms with Crippen LogP contribution < -0.4 is 5.32 Å². The van der Waals surface area contributed by atoms with Gasteiger partial charge in [-0.3, -0.25) is 24.0 Å². The zero-order valence-corrected chi connectivity index (χ0v) is 42.7. The van der Waals surface area contributed by atoms with E-state index in [4.69, 9.17) is 28.5 Å². The predicted molar refractivity (Wildman–Crippen MR) is 261 cm³/mol. The summed E-state index contributed by atoms with van der Waals surface area (Å²) >= 11 is 0. The number of carbonyl (C=O) groups excluding carboxylic acids is 4. The van der Waals surface area contributed by atoms with Crippen LogP contribution in [0.3, 0.4) is 0 Å². The lowest BCUT2D eigenvalue weighted by atomic mass is 9.52. The Morgan fingerprint density at radius 1 is 0.915 bits per heavy atom. The predicted octanol–water partition coefficient (Wildman–Crippen LogP) is 7.23. The molecule has 2 aromatic rings. The largest absolute Gasteiger partial charge is 0.460 e. The Labute approximate surface area is 418 Å². The number of fused-ring (bicyclic) bond motifs is 6. The normalized spacial score (nSPS) is 35.8. The Balaban J connectivity index is 0.887. The quantitative estimate of drug-likeness (QED) is 0.136. The number of hydrogen-bond acceptors (Lipinski definition) is 12. The Kier molecular flexibility index (Phi) is 12.5. The molecule has 9 fully saturated rings. The number of likely N-dealkylation sites (N-methyl/N-ethyl adjacent to an activating group) is 1. The van der Waals surface area contributed by atoms with E-state index in [1.165, 1.54) is 23.3 Å². The number of aliphatic hydroxyl groups is 1. The first-order valence-corrected chi connectivity index (χ1v) is 26.7. The molecule has 12 unspecified atom stereocenters. The van der Waals surface area contributed by atoms with Gasteiger partial charge in [0.15, 0.2) is 11.8 Å². The van der Waals surface area contributed by atoms with E-state index in [-0.39, 0.29) is 49.7 Å². The van der Waals surface area contributed by atoms with Gasteiger partial charge in [0.25, 0.3) is 0 Å². The van der Waals surface area contributed by atoms with Crippen LogP contribution in [0.4, 0.5) is 0 Å². The number of hydroxylamine groups is 2. The number of nitrogens with one attached hydrogen (secondary N) is 1. The summed E-state index contributed by atoms with van der Waals surface area (Å²) in [5, 5.41) is 15.0. The molecule has 11 rings (SSSR count). The molecule has 2 aromatic carbocycles. The van der Waals surface area contributed by atoms with Gasteiger partial charge in [0, 0.05) is 38.1 Å². The van der Waals surface area contributed by atoms with Gasteiger partial charge in [0.1, 0.15) is 41.5 Å². The molecule has 0 aromatic heterocycles. The van der Waals surface area contributed by atoms with Crippen LogP contribution in [0.15, 0.2) is 60.2 Å². The lowest BCUT2D eigenvalue weighted by Gasteiger charge is -2.53. The number of amides is 2. The highest BCUT2D eigenvalue weighted by Crippen LogP contribution is 2.64. The smallest absolute Gasteiger partial charge is 0.327 e. The van der Waals surface area contributed by atoms with Crippen molar-refractivity contribution >= 4 is 29.8 Å². The fourth-order valence-corrected chi connectivity index (χ4v) is 13.9. The van der Waals surface area contributed by atoms with Gasteiger partial charge >= 0.3 is 11.9 Å². The van der Waals surface area contributed by atoms with Crippen molar-refractivity contribution < 1.29 is 52.8 Å². The first-order chi connectivity index (χ1) is 33.8. The molecule has 5 aliphatic carbocycles. The molecule has 384 valence electrons.